The zero-order valence-corrected chi connectivity index (χ0v) is 8.82. The predicted molar refractivity (Wildman–Crippen MR) is 53.1 cm³/mol. The molecule has 0 saturated carbocycles. The molecule has 0 spiro atoms. The Bertz CT molecular complexity index is 329. The first kappa shape index (κ1) is 10.8. The van der Waals surface area contributed by atoms with Gasteiger partial charge in [0.15, 0.2) is 0 Å². The van der Waals surface area contributed by atoms with Gasteiger partial charge < -0.3 is 9.67 Å². The minimum Gasteiger partial charge on any atom is -0.481 e. The molecule has 0 amide bonds. The first-order valence-corrected chi connectivity index (χ1v) is 4.72. The number of rotatable bonds is 4. The lowest BCUT2D eigenvalue weighted by atomic mass is 10.1. The third kappa shape index (κ3) is 2.87. The van der Waals surface area contributed by atoms with Crippen LogP contribution in [0.4, 0.5) is 0 Å². The summed E-state index contributed by atoms with van der Waals surface area (Å²) in [6.45, 7) is 4.23. The van der Waals surface area contributed by atoms with E-state index in [4.69, 9.17) is 5.11 Å². The molecule has 1 rings (SSSR count). The molecule has 0 aromatic carbocycles. The Balaban J connectivity index is 2.76. The summed E-state index contributed by atoms with van der Waals surface area (Å²) in [5.74, 6) is 0.657. The second kappa shape index (κ2) is 4.26. The van der Waals surface area contributed by atoms with E-state index in [9.17, 15) is 4.79 Å². The second-order valence-corrected chi connectivity index (χ2v) is 3.93. The highest BCUT2D eigenvalue weighted by Crippen LogP contribution is 2.08. The third-order valence-corrected chi connectivity index (χ3v) is 1.95. The molecule has 0 bridgehead atoms. The smallest absolute Gasteiger partial charge is 0.309 e. The number of aliphatic carboxylic acids is 1. The van der Waals surface area contributed by atoms with Crippen LogP contribution in [-0.4, -0.2) is 20.6 Å². The fourth-order valence-corrected chi connectivity index (χ4v) is 1.37. The monoisotopic (exact) mass is 196 g/mol. The number of nitrogens with zero attached hydrogens (tertiary/aromatic N) is 2. The molecule has 0 unspecified atom stereocenters. The summed E-state index contributed by atoms with van der Waals surface area (Å²) in [6, 6.07) is 0. The Labute approximate surface area is 83.6 Å². The average molecular weight is 196 g/mol. The summed E-state index contributed by atoms with van der Waals surface area (Å²) < 4.78 is 1.90. The molecular weight excluding hydrogens is 180 g/mol. The van der Waals surface area contributed by atoms with E-state index in [1.54, 1.807) is 6.20 Å². The fourth-order valence-electron chi connectivity index (χ4n) is 1.37. The number of carboxylic acid groups (broad SMARTS) is 1. The van der Waals surface area contributed by atoms with Crippen LogP contribution in [0.2, 0.25) is 0 Å². The second-order valence-electron chi connectivity index (χ2n) is 3.93. The maximum absolute atomic E-state index is 10.5. The summed E-state index contributed by atoms with van der Waals surface area (Å²) >= 11 is 0. The molecule has 14 heavy (non-hydrogen) atoms. The van der Waals surface area contributed by atoms with E-state index >= 15 is 0 Å². The van der Waals surface area contributed by atoms with Gasteiger partial charge in [0.25, 0.3) is 0 Å². The zero-order valence-electron chi connectivity index (χ0n) is 8.82. The van der Waals surface area contributed by atoms with Crippen molar-refractivity contribution in [1.29, 1.82) is 0 Å². The Morgan fingerprint density at radius 1 is 1.64 bits per heavy atom. The summed E-state index contributed by atoms with van der Waals surface area (Å²) in [4.78, 5) is 14.7. The molecule has 0 aliphatic heterocycles. The molecular formula is C10H16N2O2. The lowest BCUT2D eigenvalue weighted by Gasteiger charge is -2.03. The highest BCUT2D eigenvalue weighted by molar-refractivity contribution is 5.69. The lowest BCUT2D eigenvalue weighted by Crippen LogP contribution is -2.02. The minimum atomic E-state index is -0.834. The number of aromatic nitrogens is 2. The van der Waals surface area contributed by atoms with E-state index in [2.05, 4.69) is 18.8 Å². The summed E-state index contributed by atoms with van der Waals surface area (Å²) in [5.41, 5.74) is 0.635. The highest BCUT2D eigenvalue weighted by Gasteiger charge is 2.09. The highest BCUT2D eigenvalue weighted by atomic mass is 16.4. The van der Waals surface area contributed by atoms with Crippen molar-refractivity contribution in [3.63, 3.8) is 0 Å². The predicted octanol–water partition coefficient (Wildman–Crippen LogP) is 1.25. The van der Waals surface area contributed by atoms with Gasteiger partial charge in [0, 0.05) is 19.7 Å². The third-order valence-electron chi connectivity index (χ3n) is 1.95. The molecule has 0 aliphatic carbocycles. The van der Waals surface area contributed by atoms with Gasteiger partial charge in [-0.05, 0) is 5.92 Å². The van der Waals surface area contributed by atoms with Gasteiger partial charge in [-0.2, -0.15) is 0 Å². The molecule has 78 valence electrons. The number of carbonyl (C=O) groups is 1. The van der Waals surface area contributed by atoms with Crippen LogP contribution >= 0.6 is 0 Å². The van der Waals surface area contributed by atoms with Crippen LogP contribution in [0.15, 0.2) is 6.20 Å². The van der Waals surface area contributed by atoms with E-state index in [1.165, 1.54) is 0 Å². The van der Waals surface area contributed by atoms with E-state index in [1.807, 2.05) is 11.6 Å². The molecule has 4 heteroatoms. The number of imidazole rings is 1. The van der Waals surface area contributed by atoms with Crippen molar-refractivity contribution in [2.75, 3.05) is 0 Å². The van der Waals surface area contributed by atoms with Crippen molar-refractivity contribution in [2.24, 2.45) is 13.0 Å². The molecule has 1 aromatic heterocycles. The topological polar surface area (TPSA) is 55.1 Å². The van der Waals surface area contributed by atoms with E-state index < -0.39 is 5.97 Å². The van der Waals surface area contributed by atoms with Gasteiger partial charge in [0.2, 0.25) is 0 Å². The summed E-state index contributed by atoms with van der Waals surface area (Å²) in [5, 5.41) is 8.60. The van der Waals surface area contributed by atoms with E-state index in [0.29, 0.717) is 11.6 Å². The van der Waals surface area contributed by atoms with Gasteiger partial charge in [-0.3, -0.25) is 4.79 Å². The Hall–Kier alpha value is -1.32. The van der Waals surface area contributed by atoms with Crippen molar-refractivity contribution in [3.8, 4) is 0 Å². The summed E-state index contributed by atoms with van der Waals surface area (Å²) in [6.07, 6.45) is 2.67. The standard InChI is InChI=1S/C10H16N2O2/c1-7(2)4-9-11-8(5-10(13)14)6-12(9)3/h6-7H,4-5H2,1-3H3,(H,13,14). The number of aryl methyl sites for hydroxylation is 1. The largest absolute Gasteiger partial charge is 0.481 e. The Kier molecular flexibility index (Phi) is 3.28. The van der Waals surface area contributed by atoms with Gasteiger partial charge in [-0.25, -0.2) is 4.98 Å². The fraction of sp³-hybridized carbons (Fsp3) is 0.600. The van der Waals surface area contributed by atoms with Crippen LogP contribution in [-0.2, 0) is 24.7 Å². The van der Waals surface area contributed by atoms with Crippen molar-refractivity contribution in [2.45, 2.75) is 26.7 Å². The molecule has 0 saturated heterocycles. The normalized spacial score (nSPS) is 10.9. The van der Waals surface area contributed by atoms with Crippen molar-refractivity contribution in [1.82, 2.24) is 9.55 Å². The number of carboxylic acids is 1. The number of hydrogen-bond acceptors (Lipinski definition) is 2. The molecule has 4 nitrogen and oxygen atoms in total. The van der Waals surface area contributed by atoms with Crippen LogP contribution in [0, 0.1) is 5.92 Å². The molecule has 0 fully saturated rings. The van der Waals surface area contributed by atoms with E-state index in [0.717, 1.165) is 12.2 Å². The maximum Gasteiger partial charge on any atom is 0.309 e. The van der Waals surface area contributed by atoms with Crippen molar-refractivity contribution < 1.29 is 9.90 Å². The summed E-state index contributed by atoms with van der Waals surface area (Å²) in [7, 11) is 1.90. The first-order valence-electron chi connectivity index (χ1n) is 4.72. The van der Waals surface area contributed by atoms with Gasteiger partial charge in [-0.1, -0.05) is 13.8 Å². The van der Waals surface area contributed by atoms with Crippen LogP contribution in [0.3, 0.4) is 0 Å². The van der Waals surface area contributed by atoms with Crippen LogP contribution in [0.5, 0.6) is 0 Å². The molecule has 1 heterocycles. The molecule has 1 aromatic rings. The Morgan fingerprint density at radius 3 is 2.79 bits per heavy atom. The molecule has 0 atom stereocenters. The maximum atomic E-state index is 10.5. The molecule has 1 N–H and O–H groups in total. The van der Waals surface area contributed by atoms with Gasteiger partial charge in [0.05, 0.1) is 12.1 Å². The van der Waals surface area contributed by atoms with Gasteiger partial charge in [0.1, 0.15) is 5.82 Å². The van der Waals surface area contributed by atoms with E-state index in [-0.39, 0.29) is 6.42 Å². The Morgan fingerprint density at radius 2 is 2.29 bits per heavy atom. The zero-order chi connectivity index (χ0) is 10.7. The van der Waals surface area contributed by atoms with Gasteiger partial charge in [-0.15, -0.1) is 0 Å². The van der Waals surface area contributed by atoms with Crippen LogP contribution in [0.1, 0.15) is 25.4 Å². The minimum absolute atomic E-state index is 0.00589. The van der Waals surface area contributed by atoms with Crippen molar-refractivity contribution in [3.05, 3.63) is 17.7 Å². The first-order chi connectivity index (χ1) is 6.49. The lowest BCUT2D eigenvalue weighted by molar-refractivity contribution is -0.136. The van der Waals surface area contributed by atoms with Crippen molar-refractivity contribution >= 4 is 5.97 Å². The van der Waals surface area contributed by atoms with Crippen LogP contribution < -0.4 is 0 Å². The quantitative estimate of drug-likeness (QED) is 0.788. The SMILES string of the molecule is CC(C)Cc1nc(CC(=O)O)cn1C. The van der Waals surface area contributed by atoms with Gasteiger partial charge >= 0.3 is 5.97 Å². The molecule has 0 radical (unpaired) electrons. The van der Waals surface area contributed by atoms with Crippen LogP contribution in [0.25, 0.3) is 0 Å². The molecule has 0 aliphatic rings. The number of hydrogen-bond donors (Lipinski definition) is 1. The average Bonchev–Trinajstić information content (AvgIpc) is 2.28.